The first-order valence-corrected chi connectivity index (χ1v) is 7.11. The monoisotopic (exact) mass is 300 g/mol. The van der Waals surface area contributed by atoms with E-state index in [1.807, 2.05) is 13.0 Å². The lowest BCUT2D eigenvalue weighted by Crippen LogP contribution is -2.20. The van der Waals surface area contributed by atoms with Gasteiger partial charge in [-0.15, -0.1) is 0 Å². The Bertz CT molecular complexity index is 366. The molecule has 0 aliphatic carbocycles. The van der Waals surface area contributed by atoms with Crippen molar-refractivity contribution < 1.29 is 4.39 Å². The molecule has 1 rings (SSSR count). The van der Waals surface area contributed by atoms with Gasteiger partial charge < -0.3 is 0 Å². The molecule has 0 N–H and O–H groups in total. The maximum atomic E-state index is 13.1. The van der Waals surface area contributed by atoms with Crippen molar-refractivity contribution in [1.29, 1.82) is 0 Å². The average Bonchev–Trinajstić information content (AvgIpc) is 2.21. The van der Waals surface area contributed by atoms with Crippen LogP contribution in [0.3, 0.4) is 0 Å². The average molecular weight is 301 g/mol. The van der Waals surface area contributed by atoms with Crippen molar-refractivity contribution in [3.05, 3.63) is 35.1 Å². The molecule has 1 aromatic rings. The summed E-state index contributed by atoms with van der Waals surface area (Å²) >= 11 is 3.73. The van der Waals surface area contributed by atoms with Crippen molar-refractivity contribution in [2.45, 2.75) is 51.8 Å². The molecule has 2 heteroatoms. The third kappa shape index (κ3) is 4.79. The van der Waals surface area contributed by atoms with E-state index in [4.69, 9.17) is 0 Å². The van der Waals surface area contributed by atoms with Gasteiger partial charge in [0.15, 0.2) is 0 Å². The zero-order chi connectivity index (χ0) is 13.1. The van der Waals surface area contributed by atoms with Gasteiger partial charge in [-0.25, -0.2) is 4.39 Å². The number of hydrogen-bond donors (Lipinski definition) is 0. The van der Waals surface area contributed by atoms with E-state index in [9.17, 15) is 4.39 Å². The summed E-state index contributed by atoms with van der Waals surface area (Å²) in [5, 5.41) is 0. The topological polar surface area (TPSA) is 0 Å². The summed E-state index contributed by atoms with van der Waals surface area (Å²) in [4.78, 5) is 0.517. The molecule has 0 nitrogen and oxygen atoms in total. The molecular weight excluding hydrogens is 279 g/mol. The molecule has 0 saturated heterocycles. The van der Waals surface area contributed by atoms with E-state index in [1.165, 1.54) is 11.6 Å². The van der Waals surface area contributed by atoms with Gasteiger partial charge in [0.25, 0.3) is 0 Å². The second-order valence-electron chi connectivity index (χ2n) is 5.80. The molecule has 0 aliphatic rings. The van der Waals surface area contributed by atoms with Crippen LogP contribution >= 0.6 is 15.9 Å². The summed E-state index contributed by atoms with van der Waals surface area (Å²) in [6.45, 7) is 8.75. The minimum absolute atomic E-state index is 0.128. The SMILES string of the molecule is Cc1ccc(F)cc1CCCC(Br)C(C)(C)C. The summed E-state index contributed by atoms with van der Waals surface area (Å²) in [6, 6.07) is 5.05. The second kappa shape index (κ2) is 5.99. The Labute approximate surface area is 113 Å². The number of hydrogen-bond acceptors (Lipinski definition) is 0. The highest BCUT2D eigenvalue weighted by Gasteiger charge is 2.20. The molecule has 1 atom stereocenters. The largest absolute Gasteiger partial charge is 0.207 e. The molecular formula is C15H22BrF. The van der Waals surface area contributed by atoms with E-state index in [1.54, 1.807) is 6.07 Å². The quantitative estimate of drug-likeness (QED) is 0.665. The fraction of sp³-hybridized carbons (Fsp3) is 0.600. The zero-order valence-electron chi connectivity index (χ0n) is 11.2. The van der Waals surface area contributed by atoms with E-state index in [-0.39, 0.29) is 11.2 Å². The number of benzene rings is 1. The second-order valence-corrected chi connectivity index (χ2v) is 6.90. The van der Waals surface area contributed by atoms with Gasteiger partial charge in [-0.3, -0.25) is 0 Å². The molecule has 0 aromatic heterocycles. The fourth-order valence-corrected chi connectivity index (χ4v) is 2.14. The van der Waals surface area contributed by atoms with Crippen LogP contribution < -0.4 is 0 Å². The molecule has 17 heavy (non-hydrogen) atoms. The van der Waals surface area contributed by atoms with E-state index in [0.717, 1.165) is 24.8 Å². The first-order chi connectivity index (χ1) is 7.80. The van der Waals surface area contributed by atoms with E-state index < -0.39 is 0 Å². The maximum Gasteiger partial charge on any atom is 0.123 e. The summed E-state index contributed by atoms with van der Waals surface area (Å²) < 4.78 is 13.1. The third-order valence-electron chi connectivity index (χ3n) is 3.15. The molecule has 0 heterocycles. The van der Waals surface area contributed by atoms with Crippen molar-refractivity contribution in [2.75, 3.05) is 0 Å². The molecule has 0 fully saturated rings. The highest BCUT2D eigenvalue weighted by Crippen LogP contribution is 2.30. The van der Waals surface area contributed by atoms with Crippen LogP contribution in [-0.4, -0.2) is 4.83 Å². The summed E-state index contributed by atoms with van der Waals surface area (Å²) in [5.41, 5.74) is 2.61. The number of alkyl halides is 1. The van der Waals surface area contributed by atoms with E-state index in [0.29, 0.717) is 4.83 Å². The maximum absolute atomic E-state index is 13.1. The Morgan fingerprint density at radius 1 is 1.29 bits per heavy atom. The van der Waals surface area contributed by atoms with Crippen molar-refractivity contribution in [3.8, 4) is 0 Å². The van der Waals surface area contributed by atoms with Gasteiger partial charge >= 0.3 is 0 Å². The molecule has 0 spiro atoms. The number of halogens is 2. The minimum atomic E-state index is -0.128. The Kier molecular flexibility index (Phi) is 5.18. The lowest BCUT2D eigenvalue weighted by Gasteiger charge is -2.25. The summed E-state index contributed by atoms with van der Waals surface area (Å²) in [5.74, 6) is -0.128. The van der Waals surface area contributed by atoms with Crippen LogP contribution in [0.2, 0.25) is 0 Å². The van der Waals surface area contributed by atoms with E-state index in [2.05, 4.69) is 36.7 Å². The van der Waals surface area contributed by atoms with Crippen LogP contribution in [-0.2, 0) is 6.42 Å². The van der Waals surface area contributed by atoms with Gasteiger partial charge in [-0.2, -0.15) is 0 Å². The number of rotatable bonds is 4. The van der Waals surface area contributed by atoms with Crippen LogP contribution in [0.25, 0.3) is 0 Å². The molecule has 0 bridgehead atoms. The predicted octanol–water partition coefficient (Wildman–Crippen LogP) is 5.27. The Balaban J connectivity index is 2.49. The van der Waals surface area contributed by atoms with Gasteiger partial charge in [0.2, 0.25) is 0 Å². The van der Waals surface area contributed by atoms with Crippen molar-refractivity contribution in [2.24, 2.45) is 5.41 Å². The Morgan fingerprint density at radius 2 is 1.94 bits per heavy atom. The highest BCUT2D eigenvalue weighted by atomic mass is 79.9. The molecule has 96 valence electrons. The first kappa shape index (κ1) is 14.7. The summed E-state index contributed by atoms with van der Waals surface area (Å²) in [7, 11) is 0. The van der Waals surface area contributed by atoms with Crippen LogP contribution in [0.15, 0.2) is 18.2 Å². The van der Waals surface area contributed by atoms with Crippen LogP contribution in [0.4, 0.5) is 4.39 Å². The van der Waals surface area contributed by atoms with Crippen LogP contribution in [0.1, 0.15) is 44.7 Å². The minimum Gasteiger partial charge on any atom is -0.207 e. The van der Waals surface area contributed by atoms with Gasteiger partial charge in [-0.1, -0.05) is 42.8 Å². The molecule has 0 aliphatic heterocycles. The molecule has 1 unspecified atom stereocenters. The summed E-state index contributed by atoms with van der Waals surface area (Å²) in [6.07, 6.45) is 3.18. The Morgan fingerprint density at radius 3 is 2.53 bits per heavy atom. The van der Waals surface area contributed by atoms with Crippen molar-refractivity contribution in [3.63, 3.8) is 0 Å². The normalized spacial score (nSPS) is 13.8. The van der Waals surface area contributed by atoms with Crippen LogP contribution in [0, 0.1) is 18.2 Å². The molecule has 1 aromatic carbocycles. The Hall–Kier alpha value is -0.370. The van der Waals surface area contributed by atoms with Gasteiger partial charge in [0, 0.05) is 4.83 Å². The van der Waals surface area contributed by atoms with Crippen molar-refractivity contribution >= 4 is 15.9 Å². The standard InChI is InChI=1S/C15H22BrF/c1-11-8-9-13(17)10-12(11)6-5-7-14(16)15(2,3)4/h8-10,14H,5-7H2,1-4H3. The van der Waals surface area contributed by atoms with Crippen LogP contribution in [0.5, 0.6) is 0 Å². The van der Waals surface area contributed by atoms with Gasteiger partial charge in [0.1, 0.15) is 5.82 Å². The van der Waals surface area contributed by atoms with E-state index >= 15 is 0 Å². The fourth-order valence-electron chi connectivity index (χ4n) is 1.81. The third-order valence-corrected chi connectivity index (χ3v) is 4.99. The smallest absolute Gasteiger partial charge is 0.123 e. The van der Waals surface area contributed by atoms with Crippen molar-refractivity contribution in [1.82, 2.24) is 0 Å². The first-order valence-electron chi connectivity index (χ1n) is 6.20. The predicted molar refractivity (Wildman–Crippen MR) is 76.2 cm³/mol. The lowest BCUT2D eigenvalue weighted by atomic mass is 9.88. The molecule has 0 radical (unpaired) electrons. The highest BCUT2D eigenvalue weighted by molar-refractivity contribution is 9.09. The van der Waals surface area contributed by atoms with Gasteiger partial charge in [-0.05, 0) is 54.9 Å². The zero-order valence-corrected chi connectivity index (χ0v) is 12.8. The number of aryl methyl sites for hydroxylation is 2. The molecule has 0 saturated carbocycles. The van der Waals surface area contributed by atoms with Gasteiger partial charge in [0.05, 0.1) is 0 Å². The molecule has 0 amide bonds. The lowest BCUT2D eigenvalue weighted by molar-refractivity contribution is 0.380.